The lowest BCUT2D eigenvalue weighted by atomic mass is 10.2. The Balaban J connectivity index is 1.52. The molecule has 1 aliphatic carbocycles. The van der Waals surface area contributed by atoms with E-state index in [1.54, 1.807) is 12.3 Å². The standard InChI is InChI=1S/C17H16F2N4O/c18-11-2-1-3-12(19)15(11)23-9-7-13(17(23)24)21-14-6-8-20-16(22-14)10-4-5-10/h1-3,6,8,10,13H,4-5,7,9H2,(H,20,21,22). The maximum atomic E-state index is 13.9. The molecule has 2 fully saturated rings. The van der Waals surface area contributed by atoms with Gasteiger partial charge in [-0.3, -0.25) is 4.79 Å². The van der Waals surface area contributed by atoms with E-state index in [1.165, 1.54) is 6.07 Å². The Labute approximate surface area is 137 Å². The van der Waals surface area contributed by atoms with Crippen LogP contribution in [-0.2, 0) is 4.79 Å². The van der Waals surface area contributed by atoms with Crippen LogP contribution < -0.4 is 10.2 Å². The molecular formula is C17H16F2N4O. The number of hydrogen-bond acceptors (Lipinski definition) is 4. The zero-order chi connectivity index (χ0) is 16.7. The number of rotatable bonds is 4. The summed E-state index contributed by atoms with van der Waals surface area (Å²) in [6.45, 7) is 0.259. The van der Waals surface area contributed by atoms with E-state index in [2.05, 4.69) is 15.3 Å². The maximum absolute atomic E-state index is 13.9. The molecule has 1 atom stereocenters. The van der Waals surface area contributed by atoms with Crippen LogP contribution in [0, 0.1) is 11.6 Å². The average Bonchev–Trinajstić information content (AvgIpc) is 3.36. The minimum atomic E-state index is -0.734. The summed E-state index contributed by atoms with van der Waals surface area (Å²) >= 11 is 0. The quantitative estimate of drug-likeness (QED) is 0.936. The topological polar surface area (TPSA) is 58.1 Å². The van der Waals surface area contributed by atoms with Crippen LogP contribution in [0.2, 0.25) is 0 Å². The smallest absolute Gasteiger partial charge is 0.249 e. The van der Waals surface area contributed by atoms with E-state index in [1.807, 2.05) is 0 Å². The maximum Gasteiger partial charge on any atom is 0.249 e. The number of nitrogens with zero attached hydrogens (tertiary/aromatic N) is 3. The summed E-state index contributed by atoms with van der Waals surface area (Å²) < 4.78 is 27.8. The zero-order valence-corrected chi connectivity index (χ0v) is 12.9. The van der Waals surface area contributed by atoms with Crippen LogP contribution in [0.15, 0.2) is 30.5 Å². The zero-order valence-electron chi connectivity index (χ0n) is 12.9. The first-order valence-electron chi connectivity index (χ1n) is 7.98. The molecule has 1 unspecified atom stereocenters. The molecule has 2 aliphatic rings. The molecule has 1 N–H and O–H groups in total. The minimum Gasteiger partial charge on any atom is -0.358 e. The van der Waals surface area contributed by atoms with Gasteiger partial charge < -0.3 is 10.2 Å². The van der Waals surface area contributed by atoms with Crippen LogP contribution in [0.1, 0.15) is 31.0 Å². The number of carbonyl (C=O) groups excluding carboxylic acids is 1. The van der Waals surface area contributed by atoms with E-state index in [9.17, 15) is 13.6 Å². The van der Waals surface area contributed by atoms with Crippen molar-refractivity contribution in [1.82, 2.24) is 9.97 Å². The van der Waals surface area contributed by atoms with Gasteiger partial charge in [-0.1, -0.05) is 6.07 Å². The molecule has 124 valence electrons. The fraction of sp³-hybridized carbons (Fsp3) is 0.353. The third kappa shape index (κ3) is 2.70. The van der Waals surface area contributed by atoms with E-state index >= 15 is 0 Å². The molecule has 24 heavy (non-hydrogen) atoms. The number of anilines is 2. The monoisotopic (exact) mass is 330 g/mol. The fourth-order valence-corrected chi connectivity index (χ4v) is 2.95. The van der Waals surface area contributed by atoms with E-state index in [0.29, 0.717) is 18.2 Å². The van der Waals surface area contributed by atoms with Crippen molar-refractivity contribution in [1.29, 1.82) is 0 Å². The summed E-state index contributed by atoms with van der Waals surface area (Å²) in [6.07, 6.45) is 4.30. The third-order valence-electron chi connectivity index (χ3n) is 4.35. The van der Waals surface area contributed by atoms with Gasteiger partial charge in [-0.2, -0.15) is 0 Å². The first-order valence-corrected chi connectivity index (χ1v) is 7.98. The molecule has 1 saturated carbocycles. The summed E-state index contributed by atoms with van der Waals surface area (Å²) in [7, 11) is 0. The first kappa shape index (κ1) is 15.0. The number of hydrogen-bond donors (Lipinski definition) is 1. The van der Waals surface area contributed by atoms with Crippen LogP contribution in [0.5, 0.6) is 0 Å². The van der Waals surface area contributed by atoms with Gasteiger partial charge in [-0.15, -0.1) is 0 Å². The summed E-state index contributed by atoms with van der Waals surface area (Å²) in [5.41, 5.74) is -0.284. The van der Waals surface area contributed by atoms with Gasteiger partial charge in [-0.25, -0.2) is 18.7 Å². The van der Waals surface area contributed by atoms with Crippen LogP contribution >= 0.6 is 0 Å². The highest BCUT2D eigenvalue weighted by molar-refractivity contribution is 6.01. The molecule has 5 nitrogen and oxygen atoms in total. The SMILES string of the molecule is O=C1C(Nc2ccnc(C3CC3)n2)CCN1c1c(F)cccc1F. The van der Waals surface area contributed by atoms with Crippen molar-refractivity contribution in [3.63, 3.8) is 0 Å². The second kappa shape index (κ2) is 5.81. The number of aromatic nitrogens is 2. The van der Waals surface area contributed by atoms with Crippen molar-refractivity contribution in [2.75, 3.05) is 16.8 Å². The van der Waals surface area contributed by atoms with E-state index in [0.717, 1.165) is 35.7 Å². The molecule has 0 bridgehead atoms. The molecule has 0 radical (unpaired) electrons. The molecule has 1 aromatic heterocycles. The van der Waals surface area contributed by atoms with Crippen molar-refractivity contribution in [3.05, 3.63) is 47.9 Å². The molecule has 1 aliphatic heterocycles. The molecule has 7 heteroatoms. The second-order valence-corrected chi connectivity index (χ2v) is 6.12. The summed E-state index contributed by atoms with van der Waals surface area (Å²) in [6, 6.07) is 4.74. The fourth-order valence-electron chi connectivity index (χ4n) is 2.95. The number of carbonyl (C=O) groups is 1. The van der Waals surface area contributed by atoms with Gasteiger partial charge in [0.2, 0.25) is 5.91 Å². The number of halogens is 2. The summed E-state index contributed by atoms with van der Waals surface area (Å²) in [4.78, 5) is 22.4. The summed E-state index contributed by atoms with van der Waals surface area (Å²) in [5.74, 6) is -0.0618. The minimum absolute atomic E-state index is 0.259. The van der Waals surface area contributed by atoms with Crippen LogP contribution in [0.4, 0.5) is 20.3 Å². The van der Waals surface area contributed by atoms with Crippen molar-refractivity contribution in [2.24, 2.45) is 0 Å². The summed E-state index contributed by atoms with van der Waals surface area (Å²) in [5, 5.41) is 3.07. The molecule has 4 rings (SSSR count). The number of benzene rings is 1. The molecule has 0 spiro atoms. The van der Waals surface area contributed by atoms with Gasteiger partial charge in [0.15, 0.2) is 0 Å². The first-order chi connectivity index (χ1) is 11.6. The lowest BCUT2D eigenvalue weighted by Crippen LogP contribution is -2.34. The van der Waals surface area contributed by atoms with Crippen molar-refractivity contribution >= 4 is 17.4 Å². The molecule has 2 heterocycles. The van der Waals surface area contributed by atoms with Gasteiger partial charge in [0.1, 0.15) is 35.0 Å². The number of para-hydroxylation sites is 1. The van der Waals surface area contributed by atoms with Crippen LogP contribution in [0.25, 0.3) is 0 Å². The molecule has 2 aromatic rings. The Kier molecular flexibility index (Phi) is 3.63. The lowest BCUT2D eigenvalue weighted by molar-refractivity contribution is -0.117. The predicted molar refractivity (Wildman–Crippen MR) is 84.7 cm³/mol. The Morgan fingerprint density at radius 3 is 2.58 bits per heavy atom. The lowest BCUT2D eigenvalue weighted by Gasteiger charge is -2.18. The molecular weight excluding hydrogens is 314 g/mol. The van der Waals surface area contributed by atoms with Crippen LogP contribution in [-0.4, -0.2) is 28.5 Å². The Hall–Kier alpha value is -2.57. The second-order valence-electron chi connectivity index (χ2n) is 6.12. The molecule has 1 aromatic carbocycles. The average molecular weight is 330 g/mol. The van der Waals surface area contributed by atoms with Crippen LogP contribution in [0.3, 0.4) is 0 Å². The largest absolute Gasteiger partial charge is 0.358 e. The van der Waals surface area contributed by atoms with Gasteiger partial charge in [0, 0.05) is 18.7 Å². The number of nitrogens with one attached hydrogen (secondary N) is 1. The normalized spacial score (nSPS) is 20.5. The van der Waals surface area contributed by atoms with Gasteiger partial charge in [0.05, 0.1) is 0 Å². The molecule has 1 saturated heterocycles. The van der Waals surface area contributed by atoms with Crippen molar-refractivity contribution in [3.8, 4) is 0 Å². The van der Waals surface area contributed by atoms with E-state index in [-0.39, 0.29) is 18.1 Å². The highest BCUT2D eigenvalue weighted by Gasteiger charge is 2.35. The predicted octanol–water partition coefficient (Wildman–Crippen LogP) is 2.85. The van der Waals surface area contributed by atoms with Gasteiger partial charge in [0.25, 0.3) is 0 Å². The third-order valence-corrected chi connectivity index (χ3v) is 4.35. The Bertz CT molecular complexity index is 774. The number of amides is 1. The molecule has 1 amide bonds. The van der Waals surface area contributed by atoms with Gasteiger partial charge in [-0.05, 0) is 37.5 Å². The highest BCUT2D eigenvalue weighted by atomic mass is 19.1. The highest BCUT2D eigenvalue weighted by Crippen LogP contribution is 2.38. The van der Waals surface area contributed by atoms with E-state index in [4.69, 9.17) is 0 Å². The van der Waals surface area contributed by atoms with Gasteiger partial charge >= 0.3 is 0 Å². The van der Waals surface area contributed by atoms with Crippen molar-refractivity contribution < 1.29 is 13.6 Å². The Morgan fingerprint density at radius 2 is 1.88 bits per heavy atom. The Morgan fingerprint density at radius 1 is 1.12 bits per heavy atom. The van der Waals surface area contributed by atoms with E-state index < -0.39 is 17.7 Å². The van der Waals surface area contributed by atoms with Crippen molar-refractivity contribution in [2.45, 2.75) is 31.2 Å².